The van der Waals surface area contributed by atoms with Crippen LogP contribution in [0.1, 0.15) is 12.7 Å². The summed E-state index contributed by atoms with van der Waals surface area (Å²) in [5.74, 6) is 1.60. The Morgan fingerprint density at radius 1 is 1.44 bits per heavy atom. The van der Waals surface area contributed by atoms with Gasteiger partial charge in [-0.25, -0.2) is 9.97 Å². The van der Waals surface area contributed by atoms with Crippen molar-refractivity contribution in [1.82, 2.24) is 20.2 Å². The topological polar surface area (TPSA) is 63.6 Å². The van der Waals surface area contributed by atoms with E-state index >= 15 is 0 Å². The molecule has 2 heterocycles. The van der Waals surface area contributed by atoms with Crippen molar-refractivity contribution in [2.75, 3.05) is 11.9 Å². The maximum Gasteiger partial charge on any atom is 0.180 e. The van der Waals surface area contributed by atoms with E-state index in [-0.39, 0.29) is 0 Å². The lowest BCUT2D eigenvalue weighted by molar-refractivity contribution is 0.954. The largest absolute Gasteiger partial charge is 0.370 e. The van der Waals surface area contributed by atoms with Crippen molar-refractivity contribution in [1.29, 1.82) is 0 Å². The highest BCUT2D eigenvalue weighted by molar-refractivity contribution is 8.00. The average molecular weight is 253 g/mol. The lowest BCUT2D eigenvalue weighted by atomic mass is 10.5. The summed E-state index contributed by atoms with van der Waals surface area (Å²) in [5, 5.41) is 11.8. The second-order valence-electron chi connectivity index (χ2n) is 2.98. The number of rotatable bonds is 4. The molecule has 2 aromatic heterocycles. The van der Waals surface area contributed by atoms with Crippen molar-refractivity contribution in [2.45, 2.75) is 23.2 Å². The number of anilines is 1. The van der Waals surface area contributed by atoms with Gasteiger partial charge in [-0.2, -0.15) is 0 Å². The Kier molecular flexibility index (Phi) is 3.68. The monoisotopic (exact) mass is 253 g/mol. The van der Waals surface area contributed by atoms with Gasteiger partial charge in [0.25, 0.3) is 0 Å². The van der Waals surface area contributed by atoms with Gasteiger partial charge < -0.3 is 5.32 Å². The molecule has 0 bridgehead atoms. The van der Waals surface area contributed by atoms with Gasteiger partial charge in [0.05, 0.1) is 0 Å². The van der Waals surface area contributed by atoms with Crippen LogP contribution in [0.25, 0.3) is 0 Å². The Bertz CT molecular complexity index is 457. The van der Waals surface area contributed by atoms with E-state index in [9.17, 15) is 0 Å². The van der Waals surface area contributed by atoms with Crippen LogP contribution in [0, 0.1) is 6.92 Å². The molecule has 0 aliphatic rings. The number of hydrogen-bond donors (Lipinski definition) is 1. The third kappa shape index (κ3) is 2.89. The van der Waals surface area contributed by atoms with Gasteiger partial charge in [0.15, 0.2) is 4.34 Å². The van der Waals surface area contributed by atoms with Gasteiger partial charge in [-0.3, -0.25) is 0 Å². The first kappa shape index (κ1) is 11.3. The maximum absolute atomic E-state index is 4.34. The molecule has 0 radical (unpaired) electrons. The third-order valence-corrected chi connectivity index (χ3v) is 3.40. The predicted octanol–water partition coefficient (Wildman–Crippen LogP) is 2.22. The number of aromatic nitrogens is 4. The number of aryl methyl sites for hydroxylation is 1. The van der Waals surface area contributed by atoms with Crippen molar-refractivity contribution < 1.29 is 0 Å². The quantitative estimate of drug-likeness (QED) is 0.843. The minimum absolute atomic E-state index is 0.755. The number of nitrogens with zero attached hydrogens (tertiary/aromatic N) is 4. The molecule has 2 rings (SSSR count). The minimum atomic E-state index is 0.755. The second-order valence-corrected chi connectivity index (χ2v) is 5.08. The van der Waals surface area contributed by atoms with E-state index in [1.165, 1.54) is 23.1 Å². The van der Waals surface area contributed by atoms with Crippen molar-refractivity contribution in [3.05, 3.63) is 17.4 Å². The standard InChI is InChI=1S/C9H11N5S2/c1-3-10-7-4-8(13-6(2)12-7)16-9-14-11-5-15-9/h4-5H,3H2,1-2H3,(H,10,12,13). The van der Waals surface area contributed by atoms with Crippen molar-refractivity contribution >= 4 is 28.9 Å². The zero-order valence-electron chi connectivity index (χ0n) is 8.97. The van der Waals surface area contributed by atoms with E-state index in [1.54, 1.807) is 5.51 Å². The molecule has 0 aliphatic heterocycles. The SMILES string of the molecule is CCNc1cc(Sc2nncs2)nc(C)n1. The lowest BCUT2D eigenvalue weighted by Gasteiger charge is -2.04. The summed E-state index contributed by atoms with van der Waals surface area (Å²) < 4.78 is 0.889. The third-order valence-electron chi connectivity index (χ3n) is 1.70. The van der Waals surface area contributed by atoms with E-state index in [1.807, 2.05) is 19.9 Å². The summed E-state index contributed by atoms with van der Waals surface area (Å²) in [6.07, 6.45) is 0. The molecular formula is C9H11N5S2. The fourth-order valence-electron chi connectivity index (χ4n) is 1.16. The van der Waals surface area contributed by atoms with Crippen LogP contribution in [-0.4, -0.2) is 26.7 Å². The zero-order valence-corrected chi connectivity index (χ0v) is 10.6. The molecule has 0 aliphatic carbocycles. The Labute approximate surface area is 102 Å². The summed E-state index contributed by atoms with van der Waals surface area (Å²) >= 11 is 3.00. The molecular weight excluding hydrogens is 242 g/mol. The average Bonchev–Trinajstić information content (AvgIpc) is 2.70. The van der Waals surface area contributed by atoms with Crippen LogP contribution in [0.3, 0.4) is 0 Å². The van der Waals surface area contributed by atoms with E-state index in [4.69, 9.17) is 0 Å². The molecule has 16 heavy (non-hydrogen) atoms. The lowest BCUT2D eigenvalue weighted by Crippen LogP contribution is -2.02. The van der Waals surface area contributed by atoms with E-state index in [0.29, 0.717) is 0 Å². The molecule has 5 nitrogen and oxygen atoms in total. The molecule has 84 valence electrons. The fourth-order valence-corrected chi connectivity index (χ4v) is 2.63. The van der Waals surface area contributed by atoms with Gasteiger partial charge in [0.1, 0.15) is 22.2 Å². The van der Waals surface area contributed by atoms with E-state index < -0.39 is 0 Å². The Balaban J connectivity index is 2.20. The smallest absolute Gasteiger partial charge is 0.180 e. The van der Waals surface area contributed by atoms with Gasteiger partial charge >= 0.3 is 0 Å². The van der Waals surface area contributed by atoms with Crippen LogP contribution in [0.2, 0.25) is 0 Å². The summed E-state index contributed by atoms with van der Waals surface area (Å²) in [6.45, 7) is 4.76. The van der Waals surface area contributed by atoms with Crippen LogP contribution in [-0.2, 0) is 0 Å². The van der Waals surface area contributed by atoms with Gasteiger partial charge in [-0.1, -0.05) is 11.3 Å². The number of nitrogens with one attached hydrogen (secondary N) is 1. The highest BCUT2D eigenvalue weighted by atomic mass is 32.2. The Morgan fingerprint density at radius 3 is 3.00 bits per heavy atom. The summed E-state index contributed by atoms with van der Waals surface area (Å²) in [7, 11) is 0. The highest BCUT2D eigenvalue weighted by Crippen LogP contribution is 2.27. The zero-order chi connectivity index (χ0) is 11.4. The van der Waals surface area contributed by atoms with Crippen molar-refractivity contribution in [3.63, 3.8) is 0 Å². The molecule has 0 saturated carbocycles. The highest BCUT2D eigenvalue weighted by Gasteiger charge is 2.05. The normalized spacial score (nSPS) is 10.4. The Morgan fingerprint density at radius 2 is 2.31 bits per heavy atom. The molecule has 1 N–H and O–H groups in total. The molecule has 0 saturated heterocycles. The van der Waals surface area contributed by atoms with Crippen LogP contribution in [0.4, 0.5) is 5.82 Å². The minimum Gasteiger partial charge on any atom is -0.370 e. The van der Waals surface area contributed by atoms with Gasteiger partial charge in [-0.15, -0.1) is 10.2 Å². The summed E-state index contributed by atoms with van der Waals surface area (Å²) in [5.41, 5.74) is 1.71. The molecule has 0 amide bonds. The first-order valence-electron chi connectivity index (χ1n) is 4.81. The number of hydrogen-bond acceptors (Lipinski definition) is 7. The van der Waals surface area contributed by atoms with E-state index in [2.05, 4.69) is 25.5 Å². The van der Waals surface area contributed by atoms with Crippen LogP contribution in [0.15, 0.2) is 20.9 Å². The molecule has 0 spiro atoms. The molecule has 0 unspecified atom stereocenters. The first-order valence-corrected chi connectivity index (χ1v) is 6.51. The molecule has 2 aromatic rings. The van der Waals surface area contributed by atoms with Crippen LogP contribution in [0.5, 0.6) is 0 Å². The summed E-state index contributed by atoms with van der Waals surface area (Å²) in [6, 6.07) is 1.92. The van der Waals surface area contributed by atoms with Crippen LogP contribution >= 0.6 is 23.1 Å². The van der Waals surface area contributed by atoms with Gasteiger partial charge in [0.2, 0.25) is 0 Å². The summed E-state index contributed by atoms with van der Waals surface area (Å²) in [4.78, 5) is 8.63. The second kappa shape index (κ2) is 5.22. The van der Waals surface area contributed by atoms with Gasteiger partial charge in [0, 0.05) is 12.6 Å². The molecule has 7 heteroatoms. The molecule has 0 fully saturated rings. The fraction of sp³-hybridized carbons (Fsp3) is 0.333. The molecule has 0 aromatic carbocycles. The maximum atomic E-state index is 4.34. The van der Waals surface area contributed by atoms with Crippen molar-refractivity contribution in [2.24, 2.45) is 0 Å². The predicted molar refractivity (Wildman–Crippen MR) is 65.0 cm³/mol. The molecule has 0 atom stereocenters. The van der Waals surface area contributed by atoms with Gasteiger partial charge in [-0.05, 0) is 25.6 Å². The van der Waals surface area contributed by atoms with Crippen LogP contribution < -0.4 is 5.32 Å². The first-order chi connectivity index (χ1) is 7.78. The Hall–Kier alpha value is -1.21. The van der Waals surface area contributed by atoms with E-state index in [0.717, 1.165) is 27.6 Å². The van der Waals surface area contributed by atoms with Crippen molar-refractivity contribution in [3.8, 4) is 0 Å².